The molecule has 0 unspecified atom stereocenters. The largest absolute Gasteiger partial charge is 0.335 e. The molecule has 2 aliphatic rings. The van der Waals surface area contributed by atoms with Gasteiger partial charge in [0.1, 0.15) is 0 Å². The third-order valence-corrected chi connectivity index (χ3v) is 7.54. The Hall–Kier alpha value is -1.11. The van der Waals surface area contributed by atoms with Crippen LogP contribution in [-0.2, 0) is 14.6 Å². The van der Waals surface area contributed by atoms with Crippen LogP contribution in [0.25, 0.3) is 0 Å². The first-order valence-corrected chi connectivity index (χ1v) is 11.6. The highest BCUT2D eigenvalue weighted by atomic mass is 35.5. The molecule has 1 aliphatic carbocycles. The van der Waals surface area contributed by atoms with Crippen LogP contribution in [0.3, 0.4) is 0 Å². The monoisotopic (exact) mass is 398 g/mol. The fourth-order valence-electron chi connectivity index (χ4n) is 4.08. The van der Waals surface area contributed by atoms with Crippen molar-refractivity contribution in [1.29, 1.82) is 0 Å². The lowest BCUT2D eigenvalue weighted by Gasteiger charge is -2.34. The summed E-state index contributed by atoms with van der Waals surface area (Å²) in [7, 11) is -3.01. The number of benzene rings is 1. The van der Waals surface area contributed by atoms with Gasteiger partial charge in [-0.2, -0.15) is 0 Å². The van der Waals surface area contributed by atoms with Gasteiger partial charge in [0.2, 0.25) is 5.91 Å². The second-order valence-electron chi connectivity index (χ2n) is 7.45. The zero-order valence-electron chi connectivity index (χ0n) is 15.2. The molecule has 5 nitrogen and oxygen atoms in total. The van der Waals surface area contributed by atoms with E-state index in [1.807, 2.05) is 36.1 Å². The summed E-state index contributed by atoms with van der Waals surface area (Å²) in [6, 6.07) is 7.62. The van der Waals surface area contributed by atoms with Crippen molar-refractivity contribution in [2.45, 2.75) is 57.2 Å². The van der Waals surface area contributed by atoms with Gasteiger partial charge in [-0.1, -0.05) is 36.6 Å². The molecule has 0 aromatic heterocycles. The summed E-state index contributed by atoms with van der Waals surface area (Å²) in [4.78, 5) is 14.9. The quantitative estimate of drug-likeness (QED) is 0.800. The van der Waals surface area contributed by atoms with Gasteiger partial charge in [-0.3, -0.25) is 4.79 Å². The van der Waals surface area contributed by atoms with Crippen molar-refractivity contribution in [3.05, 3.63) is 34.9 Å². The number of halogens is 1. The number of hydrogen-bond acceptors (Lipinski definition) is 4. The van der Waals surface area contributed by atoms with E-state index >= 15 is 0 Å². The van der Waals surface area contributed by atoms with Crippen molar-refractivity contribution in [2.24, 2.45) is 0 Å². The van der Waals surface area contributed by atoms with Crippen LogP contribution in [0.4, 0.5) is 0 Å². The molecule has 144 valence electrons. The van der Waals surface area contributed by atoms with E-state index < -0.39 is 9.84 Å². The molecule has 1 saturated carbocycles. The molecular weight excluding hydrogens is 372 g/mol. The lowest BCUT2D eigenvalue weighted by atomic mass is 10.1. The summed E-state index contributed by atoms with van der Waals surface area (Å²) in [6.45, 7) is 2.23. The number of nitrogens with zero attached hydrogens (tertiary/aromatic N) is 1. The van der Waals surface area contributed by atoms with Gasteiger partial charge < -0.3 is 10.2 Å². The molecule has 1 aliphatic heterocycles. The van der Waals surface area contributed by atoms with Gasteiger partial charge in [-0.25, -0.2) is 8.42 Å². The normalized spacial score (nSPS) is 23.8. The third-order valence-electron chi connectivity index (χ3n) is 5.54. The Bertz CT molecular complexity index is 730. The van der Waals surface area contributed by atoms with Gasteiger partial charge in [-0.15, -0.1) is 0 Å². The Labute approximate surface area is 161 Å². The maximum atomic E-state index is 13.0. The van der Waals surface area contributed by atoms with Crippen LogP contribution in [0.2, 0.25) is 5.02 Å². The van der Waals surface area contributed by atoms with Crippen LogP contribution in [0.1, 0.15) is 50.6 Å². The number of carbonyl (C=O) groups excluding carboxylic acids is 1. The predicted octanol–water partition coefficient (Wildman–Crippen LogP) is 2.95. The fraction of sp³-hybridized carbons (Fsp3) is 0.632. The summed E-state index contributed by atoms with van der Waals surface area (Å²) in [5, 5.41) is 3.97. The number of carbonyl (C=O) groups is 1. The van der Waals surface area contributed by atoms with Crippen LogP contribution in [0.15, 0.2) is 24.3 Å². The Morgan fingerprint density at radius 1 is 1.19 bits per heavy atom. The molecule has 7 heteroatoms. The van der Waals surface area contributed by atoms with E-state index in [4.69, 9.17) is 11.6 Å². The summed E-state index contributed by atoms with van der Waals surface area (Å²) in [5.41, 5.74) is 1.07. The fourth-order valence-corrected chi connectivity index (χ4v) is 5.92. The zero-order valence-corrected chi connectivity index (χ0v) is 16.7. The van der Waals surface area contributed by atoms with E-state index in [1.54, 1.807) is 0 Å². The number of nitrogens with one attached hydrogen (secondary N) is 1. The van der Waals surface area contributed by atoms with E-state index in [0.717, 1.165) is 31.2 Å². The molecule has 1 aromatic rings. The highest BCUT2D eigenvalue weighted by Crippen LogP contribution is 2.29. The lowest BCUT2D eigenvalue weighted by molar-refractivity contribution is -0.134. The van der Waals surface area contributed by atoms with Crippen molar-refractivity contribution in [3.8, 4) is 0 Å². The predicted molar refractivity (Wildman–Crippen MR) is 104 cm³/mol. The number of rotatable bonds is 6. The second-order valence-corrected chi connectivity index (χ2v) is 10.1. The second kappa shape index (κ2) is 8.28. The Morgan fingerprint density at radius 3 is 2.42 bits per heavy atom. The van der Waals surface area contributed by atoms with Crippen molar-refractivity contribution in [1.82, 2.24) is 10.2 Å². The molecule has 2 fully saturated rings. The van der Waals surface area contributed by atoms with Crippen LogP contribution in [0, 0.1) is 0 Å². The van der Waals surface area contributed by atoms with Gasteiger partial charge in [-0.05, 0) is 43.9 Å². The SMILES string of the molecule is C[C@H](NCC(=O)N(C1CCCC1)[C@H]1CCS(=O)(=O)C1)c1ccc(Cl)cc1. The molecular formula is C19H27ClN2O3S. The minimum Gasteiger partial charge on any atom is -0.335 e. The molecule has 0 radical (unpaired) electrons. The Balaban J connectivity index is 1.64. The number of hydrogen-bond donors (Lipinski definition) is 1. The number of amides is 1. The maximum Gasteiger partial charge on any atom is 0.237 e. The number of sulfone groups is 1. The minimum atomic E-state index is -3.01. The van der Waals surface area contributed by atoms with Crippen LogP contribution in [0.5, 0.6) is 0 Å². The highest BCUT2D eigenvalue weighted by molar-refractivity contribution is 7.91. The summed E-state index contributed by atoms with van der Waals surface area (Å²) >= 11 is 5.92. The lowest BCUT2D eigenvalue weighted by Crippen LogP contribution is -2.50. The minimum absolute atomic E-state index is 0.0137. The first kappa shape index (κ1) is 19.6. The summed E-state index contributed by atoms with van der Waals surface area (Å²) in [6.07, 6.45) is 4.76. The van der Waals surface area contributed by atoms with Crippen molar-refractivity contribution >= 4 is 27.3 Å². The van der Waals surface area contributed by atoms with Gasteiger partial charge >= 0.3 is 0 Å². The highest BCUT2D eigenvalue weighted by Gasteiger charge is 2.38. The van der Waals surface area contributed by atoms with Gasteiger partial charge in [0.15, 0.2) is 9.84 Å². The molecule has 1 aromatic carbocycles. The molecule has 0 bridgehead atoms. The van der Waals surface area contributed by atoms with Gasteiger partial charge in [0, 0.05) is 23.1 Å². The molecule has 1 amide bonds. The van der Waals surface area contributed by atoms with E-state index in [9.17, 15) is 13.2 Å². The zero-order chi connectivity index (χ0) is 18.7. The van der Waals surface area contributed by atoms with Crippen molar-refractivity contribution < 1.29 is 13.2 Å². The standard InChI is InChI=1S/C19H27ClN2O3S/c1-14(15-6-8-16(20)9-7-15)21-12-19(23)22(17-4-2-3-5-17)18-10-11-26(24,25)13-18/h6-9,14,17-18,21H,2-5,10-13H2,1H3/t14-,18-/m0/s1. The topological polar surface area (TPSA) is 66.5 Å². The van der Waals surface area contributed by atoms with Gasteiger partial charge in [0.05, 0.1) is 18.1 Å². The smallest absolute Gasteiger partial charge is 0.237 e. The first-order valence-electron chi connectivity index (χ1n) is 9.36. The Kier molecular flexibility index (Phi) is 6.25. The molecule has 2 atom stereocenters. The average molecular weight is 399 g/mol. The summed E-state index contributed by atoms with van der Waals surface area (Å²) < 4.78 is 23.8. The van der Waals surface area contributed by atoms with Crippen LogP contribution in [-0.4, -0.2) is 49.4 Å². The van der Waals surface area contributed by atoms with Crippen molar-refractivity contribution in [3.63, 3.8) is 0 Å². The van der Waals surface area contributed by atoms with Gasteiger partial charge in [0.25, 0.3) is 0 Å². The maximum absolute atomic E-state index is 13.0. The molecule has 1 saturated heterocycles. The third kappa shape index (κ3) is 4.78. The van der Waals surface area contributed by atoms with E-state index in [-0.39, 0.29) is 42.1 Å². The van der Waals surface area contributed by atoms with E-state index in [2.05, 4.69) is 5.32 Å². The molecule has 3 rings (SSSR count). The Morgan fingerprint density at radius 2 is 1.85 bits per heavy atom. The molecule has 26 heavy (non-hydrogen) atoms. The summed E-state index contributed by atoms with van der Waals surface area (Å²) in [5.74, 6) is 0.324. The van der Waals surface area contributed by atoms with Crippen molar-refractivity contribution in [2.75, 3.05) is 18.1 Å². The van der Waals surface area contributed by atoms with E-state index in [1.165, 1.54) is 0 Å². The molecule has 0 spiro atoms. The average Bonchev–Trinajstić information content (AvgIpc) is 3.24. The van der Waals surface area contributed by atoms with Crippen LogP contribution >= 0.6 is 11.6 Å². The molecule has 1 heterocycles. The van der Waals surface area contributed by atoms with Crippen LogP contribution < -0.4 is 5.32 Å². The van der Waals surface area contributed by atoms with E-state index in [0.29, 0.717) is 11.4 Å². The molecule has 1 N–H and O–H groups in total. The first-order chi connectivity index (χ1) is 12.4.